The molecule has 0 radical (unpaired) electrons. The SMILES string of the molecule is COCCN1C(C)CN(C(=O)[C@@H](N)C(C)C)CC1C.Cl.Cl. The van der Waals surface area contributed by atoms with Gasteiger partial charge in [-0.3, -0.25) is 9.69 Å². The lowest BCUT2D eigenvalue weighted by atomic mass is 10.0. The monoisotopic (exact) mass is 343 g/mol. The minimum absolute atomic E-state index is 0. The highest BCUT2D eigenvalue weighted by Gasteiger charge is 2.33. The molecule has 3 atom stereocenters. The quantitative estimate of drug-likeness (QED) is 0.819. The van der Waals surface area contributed by atoms with Crippen LogP contribution in [0, 0.1) is 5.92 Å². The van der Waals surface area contributed by atoms with E-state index in [1.54, 1.807) is 7.11 Å². The van der Waals surface area contributed by atoms with Crippen molar-refractivity contribution in [1.82, 2.24) is 9.80 Å². The van der Waals surface area contributed by atoms with E-state index in [9.17, 15) is 4.79 Å². The van der Waals surface area contributed by atoms with E-state index in [1.165, 1.54) is 0 Å². The number of ether oxygens (including phenoxy) is 1. The van der Waals surface area contributed by atoms with Crippen LogP contribution in [0.2, 0.25) is 0 Å². The Morgan fingerprint density at radius 3 is 2.10 bits per heavy atom. The molecule has 1 fully saturated rings. The van der Waals surface area contributed by atoms with E-state index in [2.05, 4.69) is 18.7 Å². The standard InChI is InChI=1S/C14H29N3O2.2ClH/c1-10(2)13(15)14(18)16-8-11(3)17(6-7-19-5)12(4)9-16;;/h10-13H,6-9,15H2,1-5H3;2*1H/t11?,12?,13-;;/m0../s1. The molecular formula is C14H31Cl2N3O2. The molecule has 1 aliphatic heterocycles. The molecule has 0 bridgehead atoms. The summed E-state index contributed by atoms with van der Waals surface area (Å²) in [5.41, 5.74) is 5.97. The molecule has 0 aromatic heterocycles. The Labute approximate surface area is 141 Å². The van der Waals surface area contributed by atoms with Crippen molar-refractivity contribution >= 4 is 30.7 Å². The third-order valence-electron chi connectivity index (χ3n) is 3.97. The lowest BCUT2D eigenvalue weighted by Gasteiger charge is -2.45. The van der Waals surface area contributed by atoms with Crippen LogP contribution < -0.4 is 5.73 Å². The molecule has 21 heavy (non-hydrogen) atoms. The largest absolute Gasteiger partial charge is 0.383 e. The molecule has 1 amide bonds. The van der Waals surface area contributed by atoms with Crippen LogP contribution in [0.5, 0.6) is 0 Å². The lowest BCUT2D eigenvalue weighted by Crippen LogP contribution is -2.61. The van der Waals surface area contributed by atoms with Gasteiger partial charge in [0.15, 0.2) is 0 Å². The summed E-state index contributed by atoms with van der Waals surface area (Å²) in [5.74, 6) is 0.268. The summed E-state index contributed by atoms with van der Waals surface area (Å²) in [6, 6.07) is 0.314. The van der Waals surface area contributed by atoms with Crippen LogP contribution >= 0.6 is 24.8 Å². The molecule has 0 aliphatic carbocycles. The smallest absolute Gasteiger partial charge is 0.239 e. The molecule has 128 valence electrons. The van der Waals surface area contributed by atoms with Gasteiger partial charge in [0.05, 0.1) is 12.6 Å². The Morgan fingerprint density at radius 1 is 1.24 bits per heavy atom. The molecule has 5 nitrogen and oxygen atoms in total. The second kappa shape index (κ2) is 10.6. The third kappa shape index (κ3) is 6.28. The van der Waals surface area contributed by atoms with Gasteiger partial charge in [0, 0.05) is 38.8 Å². The van der Waals surface area contributed by atoms with E-state index in [4.69, 9.17) is 10.5 Å². The molecule has 1 heterocycles. The molecule has 1 saturated heterocycles. The number of nitrogens with zero attached hydrogens (tertiary/aromatic N) is 2. The second-order valence-electron chi connectivity index (χ2n) is 5.94. The molecule has 0 aromatic carbocycles. The highest BCUT2D eigenvalue weighted by molar-refractivity contribution is 5.85. The zero-order valence-electron chi connectivity index (χ0n) is 13.7. The summed E-state index contributed by atoms with van der Waals surface area (Å²) in [5, 5.41) is 0. The third-order valence-corrected chi connectivity index (χ3v) is 3.97. The van der Waals surface area contributed by atoms with Crippen LogP contribution in [0.3, 0.4) is 0 Å². The van der Waals surface area contributed by atoms with Crippen molar-refractivity contribution in [3.63, 3.8) is 0 Å². The molecule has 2 N–H and O–H groups in total. The topological polar surface area (TPSA) is 58.8 Å². The van der Waals surface area contributed by atoms with Gasteiger partial charge < -0.3 is 15.4 Å². The molecule has 0 aromatic rings. The average molecular weight is 344 g/mol. The molecule has 7 heteroatoms. The van der Waals surface area contributed by atoms with Crippen molar-refractivity contribution in [2.24, 2.45) is 11.7 Å². The maximum absolute atomic E-state index is 12.3. The Kier molecular flexibility index (Phi) is 11.7. The van der Waals surface area contributed by atoms with Crippen molar-refractivity contribution in [2.75, 3.05) is 33.4 Å². The summed E-state index contributed by atoms with van der Waals surface area (Å²) >= 11 is 0. The Morgan fingerprint density at radius 2 is 1.71 bits per heavy atom. The maximum Gasteiger partial charge on any atom is 0.239 e. The van der Waals surface area contributed by atoms with E-state index in [0.29, 0.717) is 12.1 Å². The Balaban J connectivity index is 0. The highest BCUT2D eigenvalue weighted by Crippen LogP contribution is 2.17. The van der Waals surface area contributed by atoms with Crippen molar-refractivity contribution in [2.45, 2.75) is 45.8 Å². The van der Waals surface area contributed by atoms with Crippen LogP contribution in [0.25, 0.3) is 0 Å². The zero-order valence-corrected chi connectivity index (χ0v) is 15.4. The first-order chi connectivity index (χ1) is 8.88. The normalized spacial score (nSPS) is 24.2. The number of nitrogens with two attached hydrogens (primary N) is 1. The first kappa shape index (κ1) is 23.2. The number of methoxy groups -OCH3 is 1. The molecular weight excluding hydrogens is 313 g/mol. The van der Waals surface area contributed by atoms with E-state index in [1.807, 2.05) is 18.7 Å². The summed E-state index contributed by atoms with van der Waals surface area (Å²) < 4.78 is 5.14. The predicted molar refractivity (Wildman–Crippen MR) is 91.4 cm³/mol. The average Bonchev–Trinajstić information content (AvgIpc) is 2.35. The van der Waals surface area contributed by atoms with Crippen molar-refractivity contribution in [3.8, 4) is 0 Å². The van der Waals surface area contributed by atoms with E-state index < -0.39 is 0 Å². The maximum atomic E-state index is 12.3. The minimum Gasteiger partial charge on any atom is -0.383 e. The number of rotatable bonds is 5. The van der Waals surface area contributed by atoms with Gasteiger partial charge in [-0.25, -0.2) is 0 Å². The van der Waals surface area contributed by atoms with E-state index in [-0.39, 0.29) is 42.7 Å². The predicted octanol–water partition coefficient (Wildman–Crippen LogP) is 1.38. The number of halogens is 2. The molecule has 1 aliphatic rings. The number of hydrogen-bond donors (Lipinski definition) is 1. The van der Waals surface area contributed by atoms with E-state index >= 15 is 0 Å². The second-order valence-corrected chi connectivity index (χ2v) is 5.94. The van der Waals surface area contributed by atoms with Gasteiger partial charge in [-0.2, -0.15) is 0 Å². The first-order valence-electron chi connectivity index (χ1n) is 7.17. The summed E-state index contributed by atoms with van der Waals surface area (Å²) in [7, 11) is 1.72. The van der Waals surface area contributed by atoms with Gasteiger partial charge in [-0.05, 0) is 19.8 Å². The van der Waals surface area contributed by atoms with Crippen molar-refractivity contribution in [3.05, 3.63) is 0 Å². The van der Waals surface area contributed by atoms with Crippen LogP contribution in [0.1, 0.15) is 27.7 Å². The fraction of sp³-hybridized carbons (Fsp3) is 0.929. The fourth-order valence-corrected chi connectivity index (χ4v) is 2.67. The fourth-order valence-electron chi connectivity index (χ4n) is 2.67. The number of carbonyl (C=O) groups is 1. The summed E-state index contributed by atoms with van der Waals surface area (Å²) in [4.78, 5) is 16.6. The Bertz CT molecular complexity index is 294. The number of amides is 1. The number of hydrogen-bond acceptors (Lipinski definition) is 4. The molecule has 2 unspecified atom stereocenters. The lowest BCUT2D eigenvalue weighted by molar-refractivity contribution is -0.138. The minimum atomic E-state index is -0.384. The highest BCUT2D eigenvalue weighted by atomic mass is 35.5. The molecule has 0 spiro atoms. The van der Waals surface area contributed by atoms with Crippen LogP contribution in [0.15, 0.2) is 0 Å². The number of piperazine rings is 1. The van der Waals surface area contributed by atoms with Crippen LogP contribution in [-0.2, 0) is 9.53 Å². The van der Waals surface area contributed by atoms with Gasteiger partial charge in [0.2, 0.25) is 5.91 Å². The van der Waals surface area contributed by atoms with Crippen molar-refractivity contribution < 1.29 is 9.53 Å². The van der Waals surface area contributed by atoms with Crippen molar-refractivity contribution in [1.29, 1.82) is 0 Å². The van der Waals surface area contributed by atoms with Crippen LogP contribution in [0.4, 0.5) is 0 Å². The summed E-state index contributed by atoms with van der Waals surface area (Å²) in [6.45, 7) is 11.5. The van der Waals surface area contributed by atoms with E-state index in [0.717, 1.165) is 26.2 Å². The molecule has 1 rings (SSSR count). The molecule has 0 saturated carbocycles. The van der Waals surface area contributed by atoms with Gasteiger partial charge in [-0.1, -0.05) is 13.8 Å². The first-order valence-corrected chi connectivity index (χ1v) is 7.17. The van der Waals surface area contributed by atoms with Crippen LogP contribution in [-0.4, -0.2) is 67.2 Å². The zero-order chi connectivity index (χ0) is 14.6. The van der Waals surface area contributed by atoms with Gasteiger partial charge >= 0.3 is 0 Å². The van der Waals surface area contributed by atoms with Gasteiger partial charge in [0.1, 0.15) is 0 Å². The Hall–Kier alpha value is -0.0700. The van der Waals surface area contributed by atoms with Gasteiger partial charge in [0.25, 0.3) is 0 Å². The summed E-state index contributed by atoms with van der Waals surface area (Å²) in [6.07, 6.45) is 0. The van der Waals surface area contributed by atoms with Gasteiger partial charge in [-0.15, -0.1) is 24.8 Å². The number of carbonyl (C=O) groups excluding carboxylic acids is 1.